The van der Waals surface area contributed by atoms with E-state index < -0.39 is 0 Å². The van der Waals surface area contributed by atoms with Gasteiger partial charge in [-0.05, 0) is 40.9 Å². The molecule has 3 rings (SSSR count). The SMILES string of the molecule is O=C(c1ccc(Br)o1)N1CCO[C@@H]2CCCC[C@@H]21. The van der Waals surface area contributed by atoms with E-state index in [1.807, 2.05) is 4.90 Å². The van der Waals surface area contributed by atoms with Gasteiger partial charge < -0.3 is 14.1 Å². The Kier molecular flexibility index (Phi) is 3.43. The lowest BCUT2D eigenvalue weighted by Gasteiger charge is -2.43. The van der Waals surface area contributed by atoms with Crippen LogP contribution in [-0.2, 0) is 4.74 Å². The number of fused-ring (bicyclic) bond motifs is 1. The summed E-state index contributed by atoms with van der Waals surface area (Å²) in [5.74, 6) is 0.397. The molecule has 1 aromatic heterocycles. The molecule has 0 bridgehead atoms. The number of nitrogens with zero attached hydrogens (tertiary/aromatic N) is 1. The van der Waals surface area contributed by atoms with Gasteiger partial charge in [0, 0.05) is 6.54 Å². The van der Waals surface area contributed by atoms with Crippen LogP contribution < -0.4 is 0 Å². The Balaban J connectivity index is 1.79. The first-order chi connectivity index (χ1) is 8.75. The maximum absolute atomic E-state index is 12.4. The highest BCUT2D eigenvalue weighted by atomic mass is 79.9. The second kappa shape index (κ2) is 5.05. The van der Waals surface area contributed by atoms with E-state index in [0.29, 0.717) is 23.6 Å². The van der Waals surface area contributed by atoms with Crippen LogP contribution in [0.5, 0.6) is 0 Å². The van der Waals surface area contributed by atoms with Crippen molar-refractivity contribution in [2.24, 2.45) is 0 Å². The predicted octanol–water partition coefficient (Wildman–Crippen LogP) is 2.83. The molecule has 2 atom stereocenters. The van der Waals surface area contributed by atoms with Gasteiger partial charge in [0.05, 0.1) is 18.8 Å². The van der Waals surface area contributed by atoms with E-state index in [9.17, 15) is 4.79 Å². The van der Waals surface area contributed by atoms with Crippen molar-refractivity contribution in [1.29, 1.82) is 0 Å². The molecule has 1 aromatic rings. The zero-order chi connectivity index (χ0) is 12.5. The van der Waals surface area contributed by atoms with Crippen molar-refractivity contribution in [2.75, 3.05) is 13.2 Å². The zero-order valence-electron chi connectivity index (χ0n) is 10.1. The van der Waals surface area contributed by atoms with Crippen LogP contribution >= 0.6 is 15.9 Å². The molecule has 1 amide bonds. The quantitative estimate of drug-likeness (QED) is 0.800. The van der Waals surface area contributed by atoms with Crippen molar-refractivity contribution in [1.82, 2.24) is 4.90 Å². The molecule has 2 fully saturated rings. The molecule has 1 aliphatic heterocycles. The number of carbonyl (C=O) groups excluding carboxylic acids is 1. The Morgan fingerprint density at radius 3 is 2.94 bits per heavy atom. The van der Waals surface area contributed by atoms with E-state index in [1.54, 1.807) is 12.1 Å². The van der Waals surface area contributed by atoms with Crippen molar-refractivity contribution in [3.8, 4) is 0 Å². The van der Waals surface area contributed by atoms with Gasteiger partial charge in [-0.1, -0.05) is 12.8 Å². The summed E-state index contributed by atoms with van der Waals surface area (Å²) in [4.78, 5) is 14.4. The fraction of sp³-hybridized carbons (Fsp3) is 0.615. The summed E-state index contributed by atoms with van der Waals surface area (Å²) >= 11 is 3.23. The number of amides is 1. The molecule has 2 heterocycles. The monoisotopic (exact) mass is 313 g/mol. The van der Waals surface area contributed by atoms with Crippen LogP contribution in [0.1, 0.15) is 36.2 Å². The fourth-order valence-corrected chi connectivity index (χ4v) is 3.23. The summed E-state index contributed by atoms with van der Waals surface area (Å²) in [5.41, 5.74) is 0. The lowest BCUT2D eigenvalue weighted by Crippen LogP contribution is -2.54. The number of morpholine rings is 1. The largest absolute Gasteiger partial charge is 0.444 e. The molecular formula is C13H16BrNO3. The van der Waals surface area contributed by atoms with Crippen LogP contribution in [0.25, 0.3) is 0 Å². The fourth-order valence-electron chi connectivity index (χ4n) is 2.92. The molecule has 0 radical (unpaired) electrons. The van der Waals surface area contributed by atoms with E-state index in [1.165, 1.54) is 12.8 Å². The number of rotatable bonds is 1. The van der Waals surface area contributed by atoms with Gasteiger partial charge in [0.1, 0.15) is 0 Å². The van der Waals surface area contributed by atoms with E-state index in [4.69, 9.17) is 9.15 Å². The average molecular weight is 314 g/mol. The van der Waals surface area contributed by atoms with Gasteiger partial charge in [0.15, 0.2) is 10.4 Å². The third kappa shape index (κ3) is 2.21. The van der Waals surface area contributed by atoms with Gasteiger partial charge in [0.2, 0.25) is 0 Å². The van der Waals surface area contributed by atoms with Crippen LogP contribution in [0.4, 0.5) is 0 Å². The molecule has 0 unspecified atom stereocenters. The maximum atomic E-state index is 12.4. The second-order valence-corrected chi connectivity index (χ2v) is 5.64. The zero-order valence-corrected chi connectivity index (χ0v) is 11.7. The first-order valence-electron chi connectivity index (χ1n) is 6.43. The molecule has 18 heavy (non-hydrogen) atoms. The van der Waals surface area contributed by atoms with E-state index in [0.717, 1.165) is 12.8 Å². The van der Waals surface area contributed by atoms with Crippen LogP contribution in [0.15, 0.2) is 21.2 Å². The Morgan fingerprint density at radius 2 is 2.17 bits per heavy atom. The lowest BCUT2D eigenvalue weighted by molar-refractivity contribution is -0.0759. The highest BCUT2D eigenvalue weighted by Crippen LogP contribution is 2.29. The summed E-state index contributed by atoms with van der Waals surface area (Å²) in [6, 6.07) is 3.70. The molecule has 1 aliphatic carbocycles. The first-order valence-corrected chi connectivity index (χ1v) is 7.23. The maximum Gasteiger partial charge on any atom is 0.290 e. The summed E-state index contributed by atoms with van der Waals surface area (Å²) in [5, 5.41) is 0. The molecule has 0 aromatic carbocycles. The number of carbonyl (C=O) groups is 1. The highest BCUT2D eigenvalue weighted by Gasteiger charge is 2.37. The number of hydrogen-bond donors (Lipinski definition) is 0. The molecule has 0 N–H and O–H groups in total. The molecule has 2 aliphatic rings. The van der Waals surface area contributed by atoms with Crippen molar-refractivity contribution in [2.45, 2.75) is 37.8 Å². The molecular weight excluding hydrogens is 298 g/mol. The minimum absolute atomic E-state index is 0.0131. The topological polar surface area (TPSA) is 42.7 Å². The molecule has 98 valence electrons. The summed E-state index contributed by atoms with van der Waals surface area (Å²) in [6.07, 6.45) is 4.70. The van der Waals surface area contributed by atoms with E-state index >= 15 is 0 Å². The highest BCUT2D eigenvalue weighted by molar-refractivity contribution is 9.10. The first kappa shape index (κ1) is 12.2. The van der Waals surface area contributed by atoms with Crippen LogP contribution in [0, 0.1) is 0 Å². The van der Waals surface area contributed by atoms with Gasteiger partial charge in [-0.25, -0.2) is 0 Å². The summed E-state index contributed by atoms with van der Waals surface area (Å²) in [6.45, 7) is 1.30. The lowest BCUT2D eigenvalue weighted by atomic mass is 9.90. The average Bonchev–Trinajstić information content (AvgIpc) is 2.84. The Labute approximate surface area is 114 Å². The van der Waals surface area contributed by atoms with Crippen molar-refractivity contribution in [3.05, 3.63) is 22.6 Å². The van der Waals surface area contributed by atoms with Gasteiger partial charge in [0.25, 0.3) is 5.91 Å². The molecule has 4 nitrogen and oxygen atoms in total. The van der Waals surface area contributed by atoms with Gasteiger partial charge in [-0.3, -0.25) is 4.79 Å². The minimum atomic E-state index is -0.0131. The third-order valence-electron chi connectivity index (χ3n) is 3.78. The van der Waals surface area contributed by atoms with E-state index in [2.05, 4.69) is 15.9 Å². The summed E-state index contributed by atoms with van der Waals surface area (Å²) < 4.78 is 11.7. The number of furan rings is 1. The minimum Gasteiger partial charge on any atom is -0.444 e. The van der Waals surface area contributed by atoms with Gasteiger partial charge in [-0.2, -0.15) is 0 Å². The van der Waals surface area contributed by atoms with Gasteiger partial charge in [-0.15, -0.1) is 0 Å². The standard InChI is InChI=1S/C13H16BrNO3/c14-12-6-5-11(18-12)13(16)15-7-8-17-10-4-2-1-3-9(10)15/h5-6,9-10H,1-4,7-8H2/t9-,10+/m0/s1. The summed E-state index contributed by atoms with van der Waals surface area (Å²) in [7, 11) is 0. The Hall–Kier alpha value is -0.810. The van der Waals surface area contributed by atoms with Crippen molar-refractivity contribution < 1.29 is 13.9 Å². The Bertz CT molecular complexity index is 443. The normalized spacial score (nSPS) is 27.9. The Morgan fingerprint density at radius 1 is 1.33 bits per heavy atom. The van der Waals surface area contributed by atoms with E-state index in [-0.39, 0.29) is 18.1 Å². The van der Waals surface area contributed by atoms with Crippen LogP contribution in [0.3, 0.4) is 0 Å². The van der Waals surface area contributed by atoms with Gasteiger partial charge >= 0.3 is 0 Å². The van der Waals surface area contributed by atoms with Crippen molar-refractivity contribution >= 4 is 21.8 Å². The smallest absolute Gasteiger partial charge is 0.290 e. The van der Waals surface area contributed by atoms with Crippen LogP contribution in [-0.4, -0.2) is 36.1 Å². The van der Waals surface area contributed by atoms with Crippen molar-refractivity contribution in [3.63, 3.8) is 0 Å². The number of ether oxygens (including phenoxy) is 1. The molecule has 1 saturated carbocycles. The number of hydrogen-bond acceptors (Lipinski definition) is 3. The van der Waals surface area contributed by atoms with Crippen LogP contribution in [0.2, 0.25) is 0 Å². The molecule has 5 heteroatoms. The second-order valence-electron chi connectivity index (χ2n) is 4.86. The number of halogens is 1. The molecule has 1 saturated heterocycles. The molecule has 0 spiro atoms. The predicted molar refractivity (Wildman–Crippen MR) is 69.4 cm³/mol. The third-order valence-corrected chi connectivity index (χ3v) is 4.20.